The van der Waals surface area contributed by atoms with E-state index in [1.807, 2.05) is 4.57 Å². The highest BCUT2D eigenvalue weighted by molar-refractivity contribution is 5.77. The molecule has 1 aromatic heterocycles. The van der Waals surface area contributed by atoms with E-state index < -0.39 is 6.10 Å². The number of hydrogen-bond donors (Lipinski definition) is 1. The molecule has 23 heavy (non-hydrogen) atoms. The lowest BCUT2D eigenvalue weighted by Gasteiger charge is -2.19. The zero-order chi connectivity index (χ0) is 16.2. The molecule has 0 radical (unpaired) electrons. The summed E-state index contributed by atoms with van der Waals surface area (Å²) in [5.41, 5.74) is 4.54. The molecule has 1 heterocycles. The molecule has 1 aliphatic carbocycles. The van der Waals surface area contributed by atoms with Crippen LogP contribution in [-0.4, -0.2) is 34.0 Å². The Labute approximate surface area is 137 Å². The molecule has 0 bridgehead atoms. The van der Waals surface area contributed by atoms with Crippen molar-refractivity contribution >= 4 is 11.0 Å². The first-order chi connectivity index (χ1) is 11.1. The number of aryl methyl sites for hydroxylation is 2. The number of allylic oxidation sites excluding steroid dienone is 2. The molecule has 124 valence electrons. The van der Waals surface area contributed by atoms with Crippen LogP contribution in [-0.2, 0) is 11.3 Å². The largest absolute Gasteiger partial charge is 0.389 e. The van der Waals surface area contributed by atoms with Gasteiger partial charge in [-0.25, -0.2) is 4.98 Å². The molecule has 1 aromatic carbocycles. The summed E-state index contributed by atoms with van der Waals surface area (Å²) in [5.74, 6) is 0.604. The van der Waals surface area contributed by atoms with Crippen molar-refractivity contribution in [2.75, 3.05) is 13.2 Å². The van der Waals surface area contributed by atoms with Crippen LogP contribution in [0.2, 0.25) is 0 Å². The van der Waals surface area contributed by atoms with Gasteiger partial charge < -0.3 is 14.4 Å². The van der Waals surface area contributed by atoms with Gasteiger partial charge in [-0.2, -0.15) is 0 Å². The average molecular weight is 314 g/mol. The Morgan fingerprint density at radius 3 is 2.91 bits per heavy atom. The summed E-state index contributed by atoms with van der Waals surface area (Å²) in [6.07, 6.45) is 9.20. The molecular weight excluding hydrogens is 288 g/mol. The number of nitrogens with zero attached hydrogens (tertiary/aromatic N) is 2. The maximum atomic E-state index is 10.2. The highest BCUT2D eigenvalue weighted by atomic mass is 16.5. The highest BCUT2D eigenvalue weighted by Gasteiger charge is 2.13. The monoisotopic (exact) mass is 314 g/mol. The first-order valence-electron chi connectivity index (χ1n) is 8.46. The molecule has 4 nitrogen and oxygen atoms in total. The van der Waals surface area contributed by atoms with Crippen molar-refractivity contribution in [1.29, 1.82) is 0 Å². The van der Waals surface area contributed by atoms with Gasteiger partial charge in [0.25, 0.3) is 0 Å². The van der Waals surface area contributed by atoms with Gasteiger partial charge in [-0.15, -0.1) is 0 Å². The molecule has 0 fully saturated rings. The zero-order valence-corrected chi connectivity index (χ0v) is 14.0. The van der Waals surface area contributed by atoms with Crippen molar-refractivity contribution in [3.05, 3.63) is 41.7 Å². The van der Waals surface area contributed by atoms with Crippen LogP contribution >= 0.6 is 0 Å². The van der Waals surface area contributed by atoms with Crippen LogP contribution in [0.15, 0.2) is 30.6 Å². The Morgan fingerprint density at radius 1 is 1.30 bits per heavy atom. The topological polar surface area (TPSA) is 47.3 Å². The minimum Gasteiger partial charge on any atom is -0.389 e. The fraction of sp³-hybridized carbons (Fsp3) is 0.526. The van der Waals surface area contributed by atoms with E-state index in [1.54, 1.807) is 6.33 Å². The number of benzene rings is 1. The van der Waals surface area contributed by atoms with Gasteiger partial charge in [0.2, 0.25) is 0 Å². The smallest absolute Gasteiger partial charge is 0.0959 e. The number of imidazole rings is 1. The van der Waals surface area contributed by atoms with Gasteiger partial charge in [0.1, 0.15) is 0 Å². The van der Waals surface area contributed by atoms with E-state index in [0.717, 1.165) is 30.5 Å². The van der Waals surface area contributed by atoms with Crippen LogP contribution in [0.3, 0.4) is 0 Å². The first-order valence-corrected chi connectivity index (χ1v) is 8.46. The lowest BCUT2D eigenvalue weighted by molar-refractivity contribution is 0.0131. The highest BCUT2D eigenvalue weighted by Crippen LogP contribution is 2.20. The Kier molecular flexibility index (Phi) is 5.13. The van der Waals surface area contributed by atoms with E-state index in [1.165, 1.54) is 17.5 Å². The normalized spacial score (nSPS) is 19.3. The Bertz CT molecular complexity index is 690. The lowest BCUT2D eigenvalue weighted by Crippen LogP contribution is -2.23. The summed E-state index contributed by atoms with van der Waals surface area (Å²) in [7, 11) is 0. The number of fused-ring (bicyclic) bond motifs is 1. The number of aliphatic hydroxyl groups excluding tert-OH is 1. The van der Waals surface area contributed by atoms with Crippen LogP contribution in [0, 0.1) is 19.8 Å². The number of aliphatic hydroxyl groups is 1. The molecule has 0 amide bonds. The fourth-order valence-corrected chi connectivity index (χ4v) is 3.12. The molecular formula is C19H26N2O2. The maximum Gasteiger partial charge on any atom is 0.0959 e. The molecule has 1 aliphatic rings. The van der Waals surface area contributed by atoms with Gasteiger partial charge in [0.15, 0.2) is 0 Å². The molecule has 0 aliphatic heterocycles. The third-order valence-electron chi connectivity index (χ3n) is 4.69. The van der Waals surface area contributed by atoms with Gasteiger partial charge >= 0.3 is 0 Å². The SMILES string of the molecule is Cc1cc2ncn(C[C@H](O)COC[C@@H]3CC=CCC3)c2cc1C. The average Bonchev–Trinajstić information content (AvgIpc) is 2.91. The summed E-state index contributed by atoms with van der Waals surface area (Å²) in [4.78, 5) is 4.43. The second-order valence-corrected chi connectivity index (χ2v) is 6.66. The molecule has 0 spiro atoms. The van der Waals surface area contributed by atoms with Crippen LogP contribution in [0.5, 0.6) is 0 Å². The van der Waals surface area contributed by atoms with E-state index in [0.29, 0.717) is 19.1 Å². The van der Waals surface area contributed by atoms with E-state index >= 15 is 0 Å². The molecule has 1 N–H and O–H groups in total. The molecule has 0 unspecified atom stereocenters. The molecule has 2 aromatic rings. The Morgan fingerprint density at radius 2 is 2.13 bits per heavy atom. The lowest BCUT2D eigenvalue weighted by atomic mass is 9.95. The predicted molar refractivity (Wildman–Crippen MR) is 92.5 cm³/mol. The standard InChI is InChI=1S/C19H26N2O2/c1-14-8-18-19(9-15(14)2)21(13-20-18)10-17(22)12-23-11-16-6-4-3-5-7-16/h3-4,8-9,13,16-17,22H,5-7,10-12H2,1-2H3/t16-,17+/m1/s1. The number of ether oxygens (including phenoxy) is 1. The van der Waals surface area contributed by atoms with Crippen LogP contribution in [0.4, 0.5) is 0 Å². The van der Waals surface area contributed by atoms with Crippen LogP contribution < -0.4 is 0 Å². The molecule has 0 saturated carbocycles. The summed E-state index contributed by atoms with van der Waals surface area (Å²) in [6.45, 7) is 5.83. The van der Waals surface area contributed by atoms with Crippen molar-refractivity contribution in [2.24, 2.45) is 5.92 Å². The summed E-state index contributed by atoms with van der Waals surface area (Å²) in [5, 5.41) is 10.2. The number of aromatic nitrogens is 2. The Hall–Kier alpha value is -1.65. The fourth-order valence-electron chi connectivity index (χ4n) is 3.12. The second kappa shape index (κ2) is 7.28. The molecule has 0 saturated heterocycles. The Balaban J connectivity index is 1.54. The second-order valence-electron chi connectivity index (χ2n) is 6.66. The molecule has 2 atom stereocenters. The maximum absolute atomic E-state index is 10.2. The summed E-state index contributed by atoms with van der Waals surface area (Å²) < 4.78 is 7.73. The van der Waals surface area contributed by atoms with Gasteiger partial charge in [-0.1, -0.05) is 12.2 Å². The zero-order valence-electron chi connectivity index (χ0n) is 14.0. The third-order valence-corrected chi connectivity index (χ3v) is 4.69. The van der Waals surface area contributed by atoms with Gasteiger partial charge in [-0.05, 0) is 62.3 Å². The van der Waals surface area contributed by atoms with Crippen molar-refractivity contribution in [1.82, 2.24) is 9.55 Å². The van der Waals surface area contributed by atoms with Gasteiger partial charge in [0, 0.05) is 6.61 Å². The van der Waals surface area contributed by atoms with Crippen molar-refractivity contribution in [3.63, 3.8) is 0 Å². The number of rotatable bonds is 6. The van der Waals surface area contributed by atoms with Gasteiger partial charge in [0.05, 0.1) is 36.6 Å². The minimum atomic E-state index is -0.506. The van der Waals surface area contributed by atoms with Crippen molar-refractivity contribution < 1.29 is 9.84 Å². The minimum absolute atomic E-state index is 0.380. The quantitative estimate of drug-likeness (QED) is 0.831. The van der Waals surface area contributed by atoms with Crippen LogP contribution in [0.25, 0.3) is 11.0 Å². The number of hydrogen-bond acceptors (Lipinski definition) is 3. The predicted octanol–water partition coefficient (Wildman–Crippen LogP) is 3.39. The van der Waals surface area contributed by atoms with Crippen molar-refractivity contribution in [3.8, 4) is 0 Å². The van der Waals surface area contributed by atoms with E-state index in [4.69, 9.17) is 4.74 Å². The van der Waals surface area contributed by atoms with E-state index in [-0.39, 0.29) is 0 Å². The van der Waals surface area contributed by atoms with Gasteiger partial charge in [-0.3, -0.25) is 0 Å². The molecule has 4 heteroatoms. The summed E-state index contributed by atoms with van der Waals surface area (Å²) >= 11 is 0. The van der Waals surface area contributed by atoms with Crippen LogP contribution in [0.1, 0.15) is 30.4 Å². The summed E-state index contributed by atoms with van der Waals surface area (Å²) in [6, 6.07) is 4.24. The van der Waals surface area contributed by atoms with E-state index in [9.17, 15) is 5.11 Å². The third kappa shape index (κ3) is 4.01. The van der Waals surface area contributed by atoms with Crippen molar-refractivity contribution in [2.45, 2.75) is 45.8 Å². The van der Waals surface area contributed by atoms with E-state index in [2.05, 4.69) is 43.1 Å². The molecule has 3 rings (SSSR count). The first kappa shape index (κ1) is 16.2.